The fourth-order valence-corrected chi connectivity index (χ4v) is 2.47. The summed E-state index contributed by atoms with van der Waals surface area (Å²) >= 11 is 0. The van der Waals surface area contributed by atoms with E-state index in [2.05, 4.69) is 0 Å². The number of carbonyl (C=O) groups excluding carboxylic acids is 2. The molecule has 2 nitrogen and oxygen atoms in total. The van der Waals surface area contributed by atoms with Crippen molar-refractivity contribution in [2.75, 3.05) is 0 Å². The summed E-state index contributed by atoms with van der Waals surface area (Å²) in [5.41, 5.74) is 4.99. The molecule has 0 aromatic heterocycles. The van der Waals surface area contributed by atoms with E-state index in [1.54, 1.807) is 0 Å². The van der Waals surface area contributed by atoms with Crippen molar-refractivity contribution >= 4 is 18.1 Å². The summed E-state index contributed by atoms with van der Waals surface area (Å²) in [4.78, 5) is 22.1. The lowest BCUT2D eigenvalue weighted by atomic mass is 9.99. The zero-order valence-electron chi connectivity index (χ0n) is 9.59. The second-order valence-corrected chi connectivity index (χ2v) is 4.16. The minimum absolute atomic E-state index is 0.201. The Kier molecular flexibility index (Phi) is 2.41. The highest BCUT2D eigenvalue weighted by molar-refractivity contribution is 6.16. The van der Waals surface area contributed by atoms with E-state index in [-0.39, 0.29) is 5.57 Å². The second kappa shape index (κ2) is 4.08. The van der Waals surface area contributed by atoms with E-state index in [4.69, 9.17) is 0 Å². The summed E-state index contributed by atoms with van der Waals surface area (Å²) in [5, 5.41) is 0. The maximum Gasteiger partial charge on any atom is 0.153 e. The fraction of sp³-hybridized carbons (Fsp3) is 0. The number of aldehydes is 2. The van der Waals surface area contributed by atoms with Gasteiger partial charge in [0, 0.05) is 5.57 Å². The van der Waals surface area contributed by atoms with Gasteiger partial charge in [-0.3, -0.25) is 9.59 Å². The minimum Gasteiger partial charge on any atom is -0.298 e. The molecule has 0 atom stereocenters. The van der Waals surface area contributed by atoms with Gasteiger partial charge in [0.15, 0.2) is 12.6 Å². The van der Waals surface area contributed by atoms with Crippen molar-refractivity contribution in [2.45, 2.75) is 0 Å². The number of hydrogen-bond acceptors (Lipinski definition) is 2. The molecular formula is C16H10O2. The molecule has 0 bridgehead atoms. The van der Waals surface area contributed by atoms with Gasteiger partial charge in [0.2, 0.25) is 0 Å². The number of carbonyl (C=O) groups is 2. The van der Waals surface area contributed by atoms with Crippen molar-refractivity contribution in [3.8, 4) is 11.1 Å². The van der Waals surface area contributed by atoms with E-state index >= 15 is 0 Å². The van der Waals surface area contributed by atoms with Crippen LogP contribution in [0.3, 0.4) is 0 Å². The van der Waals surface area contributed by atoms with Crippen LogP contribution in [0.5, 0.6) is 0 Å². The number of fused-ring (bicyclic) bond motifs is 3. The monoisotopic (exact) mass is 234 g/mol. The van der Waals surface area contributed by atoms with Crippen LogP contribution in [0.15, 0.2) is 54.1 Å². The third-order valence-corrected chi connectivity index (χ3v) is 3.23. The first-order valence-electron chi connectivity index (χ1n) is 5.70. The molecule has 0 heterocycles. The van der Waals surface area contributed by atoms with E-state index < -0.39 is 0 Å². The first-order chi connectivity index (χ1) is 8.86. The molecule has 3 rings (SSSR count). The van der Waals surface area contributed by atoms with Gasteiger partial charge in [-0.2, -0.15) is 0 Å². The molecule has 0 saturated carbocycles. The normalized spacial score (nSPS) is 11.7. The van der Waals surface area contributed by atoms with Crippen LogP contribution >= 0.6 is 0 Å². The highest BCUT2D eigenvalue weighted by atomic mass is 16.1. The lowest BCUT2D eigenvalue weighted by molar-refractivity contribution is -0.109. The maximum absolute atomic E-state index is 11.1. The Hall–Kier alpha value is -2.48. The summed E-state index contributed by atoms with van der Waals surface area (Å²) in [7, 11) is 0. The number of hydrogen-bond donors (Lipinski definition) is 0. The van der Waals surface area contributed by atoms with E-state index in [1.807, 2.05) is 48.5 Å². The average molecular weight is 234 g/mol. The zero-order valence-corrected chi connectivity index (χ0v) is 9.59. The zero-order chi connectivity index (χ0) is 12.5. The van der Waals surface area contributed by atoms with Crippen LogP contribution in [0.2, 0.25) is 0 Å². The summed E-state index contributed by atoms with van der Waals surface area (Å²) in [6.45, 7) is 0. The summed E-state index contributed by atoms with van der Waals surface area (Å²) in [6.07, 6.45) is 1.25. The van der Waals surface area contributed by atoms with Gasteiger partial charge in [0.25, 0.3) is 0 Å². The summed E-state index contributed by atoms with van der Waals surface area (Å²) in [5.74, 6) is 0. The van der Waals surface area contributed by atoms with Crippen LogP contribution in [0.4, 0.5) is 0 Å². The second-order valence-electron chi connectivity index (χ2n) is 4.16. The topological polar surface area (TPSA) is 34.1 Å². The average Bonchev–Trinajstić information content (AvgIpc) is 2.76. The van der Waals surface area contributed by atoms with Gasteiger partial charge in [0.1, 0.15) is 0 Å². The fourth-order valence-electron chi connectivity index (χ4n) is 2.47. The van der Waals surface area contributed by atoms with E-state index in [1.165, 1.54) is 0 Å². The van der Waals surface area contributed by atoms with Gasteiger partial charge in [-0.1, -0.05) is 48.5 Å². The van der Waals surface area contributed by atoms with Gasteiger partial charge in [-0.05, 0) is 22.3 Å². The van der Waals surface area contributed by atoms with Crippen molar-refractivity contribution in [1.29, 1.82) is 0 Å². The molecule has 1 aliphatic rings. The highest BCUT2D eigenvalue weighted by Gasteiger charge is 2.24. The van der Waals surface area contributed by atoms with Gasteiger partial charge in [-0.15, -0.1) is 0 Å². The lowest BCUT2D eigenvalue weighted by Crippen LogP contribution is -1.93. The Morgan fingerprint density at radius 2 is 1.06 bits per heavy atom. The van der Waals surface area contributed by atoms with E-state index in [0.29, 0.717) is 12.6 Å². The Labute approximate surface area is 105 Å². The molecule has 0 radical (unpaired) electrons. The smallest absolute Gasteiger partial charge is 0.153 e. The SMILES string of the molecule is O=CC(C=O)=C1c2ccccc2-c2ccccc21. The Morgan fingerprint density at radius 3 is 1.44 bits per heavy atom. The van der Waals surface area contributed by atoms with Crippen LogP contribution < -0.4 is 0 Å². The van der Waals surface area contributed by atoms with Crippen LogP contribution in [-0.4, -0.2) is 12.6 Å². The molecule has 0 fully saturated rings. The van der Waals surface area contributed by atoms with Crippen molar-refractivity contribution in [2.24, 2.45) is 0 Å². The Morgan fingerprint density at radius 1 is 0.667 bits per heavy atom. The standard InChI is InChI=1S/C16H10O2/c17-9-11(10-18)16-14-7-3-1-5-12(14)13-6-2-4-8-15(13)16/h1-10H. The van der Waals surface area contributed by atoms with E-state index in [9.17, 15) is 9.59 Å². The van der Waals surface area contributed by atoms with Gasteiger partial charge in [0.05, 0.1) is 5.57 Å². The van der Waals surface area contributed by atoms with Gasteiger partial charge in [-0.25, -0.2) is 0 Å². The molecule has 18 heavy (non-hydrogen) atoms. The third-order valence-electron chi connectivity index (χ3n) is 3.23. The molecule has 0 saturated heterocycles. The molecule has 1 aliphatic carbocycles. The molecule has 0 unspecified atom stereocenters. The number of allylic oxidation sites excluding steroid dienone is 1. The molecule has 0 N–H and O–H groups in total. The molecule has 2 aromatic carbocycles. The van der Waals surface area contributed by atoms with Crippen LogP contribution in [0.1, 0.15) is 11.1 Å². The molecular weight excluding hydrogens is 224 g/mol. The first-order valence-corrected chi connectivity index (χ1v) is 5.70. The van der Waals surface area contributed by atoms with Gasteiger partial charge < -0.3 is 0 Å². The number of benzene rings is 2. The third kappa shape index (κ3) is 1.36. The number of rotatable bonds is 2. The first kappa shape index (κ1) is 10.7. The van der Waals surface area contributed by atoms with Crippen molar-refractivity contribution in [1.82, 2.24) is 0 Å². The van der Waals surface area contributed by atoms with Crippen molar-refractivity contribution < 1.29 is 9.59 Å². The molecule has 0 aliphatic heterocycles. The molecule has 0 spiro atoms. The maximum atomic E-state index is 11.1. The summed E-state index contributed by atoms with van der Waals surface area (Å²) in [6, 6.07) is 15.6. The Bertz CT molecular complexity index is 624. The Balaban J connectivity index is 2.44. The van der Waals surface area contributed by atoms with Crippen molar-refractivity contribution in [3.63, 3.8) is 0 Å². The largest absolute Gasteiger partial charge is 0.298 e. The van der Waals surface area contributed by atoms with Crippen molar-refractivity contribution in [3.05, 3.63) is 65.2 Å². The summed E-state index contributed by atoms with van der Waals surface area (Å²) < 4.78 is 0. The molecule has 0 amide bonds. The van der Waals surface area contributed by atoms with E-state index in [0.717, 1.165) is 27.8 Å². The predicted molar refractivity (Wildman–Crippen MR) is 70.0 cm³/mol. The van der Waals surface area contributed by atoms with Gasteiger partial charge >= 0.3 is 0 Å². The van der Waals surface area contributed by atoms with Crippen LogP contribution in [0, 0.1) is 0 Å². The highest BCUT2D eigenvalue weighted by Crippen LogP contribution is 2.44. The quantitative estimate of drug-likeness (QED) is 0.296. The van der Waals surface area contributed by atoms with Crippen LogP contribution in [0.25, 0.3) is 16.7 Å². The lowest BCUT2D eigenvalue weighted by Gasteiger charge is -2.02. The molecule has 2 aromatic rings. The molecule has 2 heteroatoms. The molecule has 86 valence electrons. The van der Waals surface area contributed by atoms with Crippen LogP contribution in [-0.2, 0) is 9.59 Å². The predicted octanol–water partition coefficient (Wildman–Crippen LogP) is 2.87. The minimum atomic E-state index is 0.201.